The fraction of sp³-hybridized carbons (Fsp3) is 0.308. The molecular weight excluding hydrogens is 250 g/mol. The fourth-order valence-corrected chi connectivity index (χ4v) is 2.10. The molecule has 0 bridgehead atoms. The third-order valence-corrected chi connectivity index (χ3v) is 2.73. The Labute approximate surface area is 98.7 Å². The van der Waals surface area contributed by atoms with E-state index in [9.17, 15) is 0 Å². The summed E-state index contributed by atoms with van der Waals surface area (Å²) in [7, 11) is 0. The van der Waals surface area contributed by atoms with Gasteiger partial charge in [-0.2, -0.15) is 0 Å². The topological polar surface area (TPSA) is 12.9 Å². The zero-order chi connectivity index (χ0) is 10.8. The summed E-state index contributed by atoms with van der Waals surface area (Å²) in [5.41, 5.74) is 3.52. The van der Waals surface area contributed by atoms with Gasteiger partial charge in [-0.05, 0) is 37.1 Å². The van der Waals surface area contributed by atoms with Crippen LogP contribution >= 0.6 is 15.9 Å². The van der Waals surface area contributed by atoms with E-state index in [0.29, 0.717) is 4.83 Å². The minimum Gasteiger partial charge on any atom is -0.253 e. The number of pyridine rings is 1. The summed E-state index contributed by atoms with van der Waals surface area (Å²) in [6, 6.07) is 10.7. The van der Waals surface area contributed by atoms with Crippen molar-refractivity contribution in [1.29, 1.82) is 0 Å². The van der Waals surface area contributed by atoms with Crippen LogP contribution in [0.2, 0.25) is 0 Å². The van der Waals surface area contributed by atoms with Gasteiger partial charge < -0.3 is 0 Å². The van der Waals surface area contributed by atoms with Crippen LogP contribution < -0.4 is 0 Å². The van der Waals surface area contributed by atoms with E-state index in [4.69, 9.17) is 0 Å². The summed E-state index contributed by atoms with van der Waals surface area (Å²) in [4.78, 5) is 5.01. The van der Waals surface area contributed by atoms with Gasteiger partial charge in [-0.15, -0.1) is 0 Å². The van der Waals surface area contributed by atoms with Crippen molar-refractivity contribution in [2.24, 2.45) is 0 Å². The van der Waals surface area contributed by atoms with Crippen molar-refractivity contribution in [3.63, 3.8) is 0 Å². The van der Waals surface area contributed by atoms with Crippen molar-refractivity contribution in [2.45, 2.75) is 25.1 Å². The predicted octanol–water partition coefficient (Wildman–Crippen LogP) is 3.87. The molecule has 1 unspecified atom stereocenters. The third-order valence-electron chi connectivity index (χ3n) is 2.41. The molecule has 2 rings (SSSR count). The molecule has 1 aromatic carbocycles. The van der Waals surface area contributed by atoms with Gasteiger partial charge >= 0.3 is 0 Å². The van der Waals surface area contributed by atoms with Crippen LogP contribution in [0.1, 0.15) is 18.2 Å². The van der Waals surface area contributed by atoms with Crippen molar-refractivity contribution in [2.75, 3.05) is 0 Å². The van der Waals surface area contributed by atoms with Crippen LogP contribution in [0.4, 0.5) is 0 Å². The number of hydrogen-bond donors (Lipinski definition) is 0. The number of nitrogens with zero attached hydrogens (tertiary/aromatic N) is 1. The lowest BCUT2D eigenvalue weighted by Gasteiger charge is -2.05. The second-order valence-corrected chi connectivity index (χ2v) is 5.53. The maximum atomic E-state index is 4.48. The maximum absolute atomic E-state index is 4.48. The molecule has 0 radical (unpaired) electrons. The van der Waals surface area contributed by atoms with Gasteiger partial charge in [-0.3, -0.25) is 4.98 Å². The van der Waals surface area contributed by atoms with Gasteiger partial charge in [0.15, 0.2) is 0 Å². The minimum absolute atomic E-state index is 0.522. The highest BCUT2D eigenvalue weighted by molar-refractivity contribution is 9.09. The molecule has 1 aromatic heterocycles. The average Bonchev–Trinajstić information content (AvgIpc) is 2.17. The van der Waals surface area contributed by atoms with Gasteiger partial charge in [0.05, 0.1) is 5.52 Å². The average molecular weight is 264 g/mol. The highest BCUT2D eigenvalue weighted by atomic mass is 79.9. The van der Waals surface area contributed by atoms with Gasteiger partial charge in [-0.1, -0.05) is 35.0 Å². The number of aromatic nitrogens is 1. The summed E-state index contributed by atoms with van der Waals surface area (Å²) in [6.07, 6.45) is 1.06. The molecule has 1 nitrogen and oxygen atoms in total. The Morgan fingerprint density at radius 2 is 2.07 bits per heavy atom. The van der Waals surface area contributed by atoms with Crippen molar-refractivity contribution < 1.29 is 0 Å². The van der Waals surface area contributed by atoms with E-state index in [1.54, 1.807) is 0 Å². The smallest absolute Gasteiger partial charge is 0.0705 e. The zero-order valence-corrected chi connectivity index (χ0v) is 10.6. The Kier molecular flexibility index (Phi) is 3.06. The van der Waals surface area contributed by atoms with Crippen molar-refractivity contribution >= 4 is 26.8 Å². The molecule has 15 heavy (non-hydrogen) atoms. The van der Waals surface area contributed by atoms with Crippen molar-refractivity contribution in [3.8, 4) is 0 Å². The molecule has 2 aromatic rings. The Hall–Kier alpha value is -0.890. The minimum atomic E-state index is 0.522. The van der Waals surface area contributed by atoms with Crippen molar-refractivity contribution in [1.82, 2.24) is 4.98 Å². The lowest BCUT2D eigenvalue weighted by atomic mass is 10.1. The van der Waals surface area contributed by atoms with Crippen molar-refractivity contribution in [3.05, 3.63) is 41.6 Å². The normalized spacial score (nSPS) is 13.0. The molecule has 0 spiro atoms. The number of halogens is 1. The summed E-state index contributed by atoms with van der Waals surface area (Å²) >= 11 is 3.57. The van der Waals surface area contributed by atoms with E-state index in [0.717, 1.165) is 17.6 Å². The first-order chi connectivity index (χ1) is 7.15. The van der Waals surface area contributed by atoms with Crippen LogP contribution in [0, 0.1) is 6.92 Å². The van der Waals surface area contributed by atoms with Crippen LogP contribution in [-0.2, 0) is 6.42 Å². The first-order valence-electron chi connectivity index (χ1n) is 5.15. The largest absolute Gasteiger partial charge is 0.253 e. The molecule has 0 saturated carbocycles. The van der Waals surface area contributed by atoms with Gasteiger partial charge in [0.25, 0.3) is 0 Å². The molecule has 0 fully saturated rings. The van der Waals surface area contributed by atoms with Crippen LogP contribution in [0.5, 0.6) is 0 Å². The lowest BCUT2D eigenvalue weighted by molar-refractivity contribution is 0.961. The van der Waals surface area contributed by atoms with E-state index in [1.807, 2.05) is 6.92 Å². The van der Waals surface area contributed by atoms with E-state index >= 15 is 0 Å². The van der Waals surface area contributed by atoms with Gasteiger partial charge in [0.2, 0.25) is 0 Å². The summed E-state index contributed by atoms with van der Waals surface area (Å²) in [6.45, 7) is 4.19. The maximum Gasteiger partial charge on any atom is 0.0705 e. The highest BCUT2D eigenvalue weighted by Gasteiger charge is 2.01. The Morgan fingerprint density at radius 3 is 2.80 bits per heavy atom. The number of benzene rings is 1. The quantitative estimate of drug-likeness (QED) is 0.750. The first-order valence-corrected chi connectivity index (χ1v) is 6.07. The number of aryl methyl sites for hydroxylation is 1. The summed E-state index contributed by atoms with van der Waals surface area (Å²) < 4.78 is 0. The number of alkyl halides is 1. The molecular formula is C13H14BrN. The molecule has 2 heteroatoms. The predicted molar refractivity (Wildman–Crippen MR) is 68.6 cm³/mol. The van der Waals surface area contributed by atoms with Crippen LogP contribution in [-0.4, -0.2) is 9.81 Å². The summed E-state index contributed by atoms with van der Waals surface area (Å²) in [5, 5.41) is 1.23. The van der Waals surface area contributed by atoms with E-state index in [1.165, 1.54) is 10.9 Å². The van der Waals surface area contributed by atoms with Crippen LogP contribution in [0.3, 0.4) is 0 Å². The monoisotopic (exact) mass is 263 g/mol. The van der Waals surface area contributed by atoms with Crippen LogP contribution in [0.25, 0.3) is 10.9 Å². The highest BCUT2D eigenvalue weighted by Crippen LogP contribution is 2.17. The molecule has 78 valence electrons. The Balaban J connectivity index is 2.43. The van der Waals surface area contributed by atoms with E-state index in [-0.39, 0.29) is 0 Å². The summed E-state index contributed by atoms with van der Waals surface area (Å²) in [5.74, 6) is 0. The van der Waals surface area contributed by atoms with Crippen LogP contribution in [0.15, 0.2) is 30.3 Å². The number of hydrogen-bond acceptors (Lipinski definition) is 1. The van der Waals surface area contributed by atoms with Gasteiger partial charge in [0.1, 0.15) is 0 Å². The molecule has 1 atom stereocenters. The lowest BCUT2D eigenvalue weighted by Crippen LogP contribution is -1.96. The second-order valence-electron chi connectivity index (χ2n) is 3.96. The molecule has 0 N–H and O–H groups in total. The Morgan fingerprint density at radius 1 is 1.27 bits per heavy atom. The first kappa shape index (κ1) is 10.6. The van der Waals surface area contributed by atoms with Gasteiger partial charge in [0, 0.05) is 15.9 Å². The Bertz CT molecular complexity index is 477. The standard InChI is InChI=1S/C13H14BrN/c1-9(14)7-11-4-6-13-12(8-11)5-3-10(2)15-13/h3-6,8-9H,7H2,1-2H3. The van der Waals surface area contributed by atoms with E-state index < -0.39 is 0 Å². The third kappa shape index (κ3) is 2.57. The SMILES string of the molecule is Cc1ccc2cc(CC(C)Br)ccc2n1. The molecule has 0 aliphatic rings. The molecule has 0 aliphatic heterocycles. The zero-order valence-electron chi connectivity index (χ0n) is 9.00. The fourth-order valence-electron chi connectivity index (χ4n) is 1.73. The van der Waals surface area contributed by atoms with Gasteiger partial charge in [-0.25, -0.2) is 0 Å². The number of rotatable bonds is 2. The van der Waals surface area contributed by atoms with E-state index in [2.05, 4.69) is 58.2 Å². The number of fused-ring (bicyclic) bond motifs is 1. The second kappa shape index (κ2) is 4.31. The molecule has 0 amide bonds. The molecule has 0 saturated heterocycles. The molecule has 0 aliphatic carbocycles. The molecule has 1 heterocycles.